The zero-order chi connectivity index (χ0) is 22.8. The van der Waals surface area contributed by atoms with Crippen molar-refractivity contribution in [1.82, 2.24) is 20.5 Å². The Kier molecular flexibility index (Phi) is 9.40. The maximum atomic E-state index is 13.3. The Morgan fingerprint density at radius 3 is 2.42 bits per heavy atom. The van der Waals surface area contributed by atoms with Gasteiger partial charge in [0.2, 0.25) is 11.8 Å². The number of hydrogen-bond acceptors (Lipinski definition) is 5. The summed E-state index contributed by atoms with van der Waals surface area (Å²) in [5.74, 6) is -0.499. The molecule has 8 heteroatoms. The molecule has 2 amide bonds. The molecule has 2 atom stereocenters. The molecule has 168 valence electrons. The van der Waals surface area contributed by atoms with E-state index in [0.29, 0.717) is 5.82 Å². The van der Waals surface area contributed by atoms with Crippen LogP contribution in [0.3, 0.4) is 0 Å². The second kappa shape index (κ2) is 12.0. The number of anilines is 1. The van der Waals surface area contributed by atoms with E-state index in [4.69, 9.17) is 5.73 Å². The summed E-state index contributed by atoms with van der Waals surface area (Å²) in [5, 5.41) is 5.70. The van der Waals surface area contributed by atoms with Crippen LogP contribution in [-0.2, 0) is 22.6 Å². The van der Waals surface area contributed by atoms with Crippen LogP contribution in [0, 0.1) is 5.82 Å². The summed E-state index contributed by atoms with van der Waals surface area (Å²) in [4.78, 5) is 31.7. The quantitative estimate of drug-likeness (QED) is 0.509. The monoisotopic (exact) mass is 429 g/mol. The highest BCUT2D eigenvalue weighted by atomic mass is 19.1. The fourth-order valence-corrected chi connectivity index (χ4v) is 3.01. The number of amides is 2. The van der Waals surface area contributed by atoms with E-state index in [0.717, 1.165) is 30.5 Å². The molecule has 2 aromatic rings. The summed E-state index contributed by atoms with van der Waals surface area (Å²) in [6.07, 6.45) is 3.87. The molecule has 1 aromatic carbocycles. The van der Waals surface area contributed by atoms with Gasteiger partial charge in [0.25, 0.3) is 0 Å². The summed E-state index contributed by atoms with van der Waals surface area (Å²) >= 11 is 0. The van der Waals surface area contributed by atoms with Gasteiger partial charge in [0.15, 0.2) is 0 Å². The van der Waals surface area contributed by atoms with Crippen molar-refractivity contribution in [1.29, 1.82) is 0 Å². The lowest BCUT2D eigenvalue weighted by molar-refractivity contribution is -0.131. The van der Waals surface area contributed by atoms with E-state index < -0.39 is 6.04 Å². The number of pyridine rings is 1. The van der Waals surface area contributed by atoms with E-state index in [1.807, 2.05) is 18.9 Å². The van der Waals surface area contributed by atoms with Gasteiger partial charge in [0.1, 0.15) is 17.7 Å². The third-order valence-corrected chi connectivity index (χ3v) is 5.21. The average molecular weight is 430 g/mol. The zero-order valence-electron chi connectivity index (χ0n) is 18.4. The molecule has 1 aromatic heterocycles. The molecule has 0 radical (unpaired) electrons. The lowest BCUT2D eigenvalue weighted by atomic mass is 10.0. The first-order valence-corrected chi connectivity index (χ1v) is 10.5. The number of aromatic nitrogens is 1. The maximum absolute atomic E-state index is 13.3. The Morgan fingerprint density at radius 2 is 1.81 bits per heavy atom. The van der Waals surface area contributed by atoms with E-state index in [2.05, 4.69) is 22.5 Å². The van der Waals surface area contributed by atoms with Gasteiger partial charge >= 0.3 is 0 Å². The SMILES string of the molecule is CCCCN(C)[C@@H](C)C(=O)N[C@@H](Cc1ccc(F)cc1)C(=O)NCc1ccc(N)nc1. The number of unbranched alkanes of at least 4 members (excludes halogenated alkanes) is 1. The highest BCUT2D eigenvalue weighted by molar-refractivity contribution is 5.89. The number of nitrogen functional groups attached to an aromatic ring is 1. The minimum atomic E-state index is -0.790. The molecule has 0 aliphatic heterocycles. The first-order valence-electron chi connectivity index (χ1n) is 10.5. The number of nitrogens with one attached hydrogen (secondary N) is 2. The van der Waals surface area contributed by atoms with Crippen LogP contribution in [-0.4, -0.2) is 47.4 Å². The summed E-state index contributed by atoms with van der Waals surface area (Å²) in [5.41, 5.74) is 7.14. The van der Waals surface area contributed by atoms with Crippen molar-refractivity contribution in [3.05, 3.63) is 59.5 Å². The van der Waals surface area contributed by atoms with E-state index in [1.165, 1.54) is 12.1 Å². The fraction of sp³-hybridized carbons (Fsp3) is 0.435. The van der Waals surface area contributed by atoms with Crippen LogP contribution in [0.5, 0.6) is 0 Å². The zero-order valence-corrected chi connectivity index (χ0v) is 18.4. The van der Waals surface area contributed by atoms with Gasteiger partial charge in [-0.2, -0.15) is 0 Å². The summed E-state index contributed by atoms with van der Waals surface area (Å²) < 4.78 is 13.3. The molecular formula is C23H32FN5O2. The highest BCUT2D eigenvalue weighted by Crippen LogP contribution is 2.08. The third-order valence-electron chi connectivity index (χ3n) is 5.21. The predicted octanol–water partition coefficient (Wildman–Crippen LogP) is 2.27. The average Bonchev–Trinajstić information content (AvgIpc) is 2.77. The number of hydrogen-bond donors (Lipinski definition) is 3. The molecular weight excluding hydrogens is 397 g/mol. The number of nitrogens with two attached hydrogens (primary N) is 1. The first-order chi connectivity index (χ1) is 14.8. The van der Waals surface area contributed by atoms with E-state index in [1.54, 1.807) is 30.5 Å². The predicted molar refractivity (Wildman–Crippen MR) is 120 cm³/mol. The van der Waals surface area contributed by atoms with E-state index >= 15 is 0 Å². The van der Waals surface area contributed by atoms with Crippen LogP contribution in [0.1, 0.15) is 37.8 Å². The highest BCUT2D eigenvalue weighted by Gasteiger charge is 2.25. The van der Waals surface area contributed by atoms with Gasteiger partial charge in [0, 0.05) is 19.2 Å². The number of halogens is 1. The van der Waals surface area contributed by atoms with Gasteiger partial charge in [-0.15, -0.1) is 0 Å². The lowest BCUT2D eigenvalue weighted by Crippen LogP contribution is -2.53. The Bertz CT molecular complexity index is 842. The van der Waals surface area contributed by atoms with Crippen LogP contribution in [0.15, 0.2) is 42.6 Å². The molecule has 0 saturated heterocycles. The van der Waals surface area contributed by atoms with Crippen LogP contribution >= 0.6 is 0 Å². The summed E-state index contributed by atoms with van der Waals surface area (Å²) in [6.45, 7) is 4.97. The van der Waals surface area contributed by atoms with Gasteiger partial charge in [-0.25, -0.2) is 9.37 Å². The molecule has 0 unspecified atom stereocenters. The topological polar surface area (TPSA) is 100 Å². The summed E-state index contributed by atoms with van der Waals surface area (Å²) in [7, 11) is 1.89. The lowest BCUT2D eigenvalue weighted by Gasteiger charge is -2.26. The molecule has 31 heavy (non-hydrogen) atoms. The molecule has 0 fully saturated rings. The van der Waals surface area contributed by atoms with Crippen molar-refractivity contribution in [3.8, 4) is 0 Å². The molecule has 0 saturated carbocycles. The molecule has 0 aliphatic rings. The van der Waals surface area contributed by atoms with Crippen molar-refractivity contribution < 1.29 is 14.0 Å². The van der Waals surface area contributed by atoms with Crippen molar-refractivity contribution in [2.24, 2.45) is 0 Å². The Hall–Kier alpha value is -3.00. The molecule has 0 aliphatic carbocycles. The Labute approximate surface area is 183 Å². The smallest absolute Gasteiger partial charge is 0.243 e. The van der Waals surface area contributed by atoms with Crippen LogP contribution < -0.4 is 16.4 Å². The number of carbonyl (C=O) groups excluding carboxylic acids is 2. The number of benzene rings is 1. The maximum Gasteiger partial charge on any atom is 0.243 e. The van der Waals surface area contributed by atoms with Gasteiger partial charge in [-0.3, -0.25) is 14.5 Å². The molecule has 2 rings (SSSR count). The standard InChI is InChI=1S/C23H32FN5O2/c1-4-5-12-29(3)16(2)22(30)28-20(13-17-6-9-19(24)10-7-17)23(31)27-15-18-8-11-21(25)26-14-18/h6-11,14,16,20H,4-5,12-13,15H2,1-3H3,(H2,25,26)(H,27,31)(H,28,30)/t16-,20-/m0/s1. The minimum Gasteiger partial charge on any atom is -0.384 e. The van der Waals surface area contributed by atoms with Gasteiger partial charge in [0.05, 0.1) is 6.04 Å². The molecule has 1 heterocycles. The van der Waals surface area contributed by atoms with Crippen LogP contribution in [0.2, 0.25) is 0 Å². The molecule has 7 nitrogen and oxygen atoms in total. The van der Waals surface area contributed by atoms with Gasteiger partial charge in [-0.1, -0.05) is 31.5 Å². The summed E-state index contributed by atoms with van der Waals surface area (Å²) in [6, 6.07) is 8.18. The van der Waals surface area contributed by atoms with Crippen LogP contribution in [0.4, 0.5) is 10.2 Å². The van der Waals surface area contributed by atoms with E-state index in [-0.39, 0.29) is 36.6 Å². The largest absolute Gasteiger partial charge is 0.384 e. The Morgan fingerprint density at radius 1 is 1.13 bits per heavy atom. The number of rotatable bonds is 11. The van der Waals surface area contributed by atoms with Crippen molar-refractivity contribution in [3.63, 3.8) is 0 Å². The van der Waals surface area contributed by atoms with E-state index in [9.17, 15) is 14.0 Å². The van der Waals surface area contributed by atoms with Gasteiger partial charge in [-0.05, 0) is 56.3 Å². The molecule has 0 spiro atoms. The van der Waals surface area contributed by atoms with Crippen molar-refractivity contribution in [2.75, 3.05) is 19.3 Å². The molecule has 0 bridgehead atoms. The third kappa shape index (κ3) is 7.97. The normalized spacial score (nSPS) is 12.9. The number of likely N-dealkylation sites (N-methyl/N-ethyl adjacent to an activating group) is 1. The van der Waals surface area contributed by atoms with Crippen LogP contribution in [0.25, 0.3) is 0 Å². The minimum absolute atomic E-state index is 0.227. The molecule has 4 N–H and O–H groups in total. The second-order valence-corrected chi connectivity index (χ2v) is 7.71. The van der Waals surface area contributed by atoms with Gasteiger partial charge < -0.3 is 16.4 Å². The van der Waals surface area contributed by atoms with Crippen molar-refractivity contribution in [2.45, 2.75) is 51.7 Å². The second-order valence-electron chi connectivity index (χ2n) is 7.71. The Balaban J connectivity index is 2.07. The fourth-order valence-electron chi connectivity index (χ4n) is 3.01. The number of nitrogens with zero attached hydrogens (tertiary/aromatic N) is 2. The van der Waals surface area contributed by atoms with Crippen molar-refractivity contribution >= 4 is 17.6 Å². The first kappa shape index (κ1) is 24.3. The number of carbonyl (C=O) groups is 2.